The van der Waals surface area contributed by atoms with Gasteiger partial charge in [0.15, 0.2) is 0 Å². The number of methoxy groups -OCH3 is 1. The van der Waals surface area contributed by atoms with Crippen LogP contribution in [0.2, 0.25) is 0 Å². The number of ether oxygens (including phenoxy) is 1. The molecule has 5 heteroatoms. The first kappa shape index (κ1) is 14.1. The van der Waals surface area contributed by atoms with Crippen LogP contribution in [0.15, 0.2) is 29.1 Å². The molecule has 112 valence electrons. The maximum atomic E-state index is 12.3. The first-order chi connectivity index (χ1) is 10.3. The minimum Gasteiger partial charge on any atom is -0.482 e. The molecule has 1 saturated heterocycles. The number of nitrogens with zero attached hydrogens (tertiary/aromatic N) is 2. The van der Waals surface area contributed by atoms with Gasteiger partial charge in [-0.2, -0.15) is 0 Å². The monoisotopic (exact) mass is 287 g/mol. The molecule has 1 fully saturated rings. The van der Waals surface area contributed by atoms with Crippen molar-refractivity contribution in [3.05, 3.63) is 40.3 Å². The summed E-state index contributed by atoms with van der Waals surface area (Å²) in [4.78, 5) is 16.9. The zero-order valence-corrected chi connectivity index (χ0v) is 12.3. The van der Waals surface area contributed by atoms with Gasteiger partial charge in [0.1, 0.15) is 5.65 Å². The Labute approximate surface area is 124 Å². The van der Waals surface area contributed by atoms with Gasteiger partial charge in [0.2, 0.25) is 5.88 Å². The molecule has 0 aliphatic carbocycles. The molecule has 21 heavy (non-hydrogen) atoms. The number of aromatic nitrogens is 2. The molecule has 5 nitrogen and oxygen atoms in total. The van der Waals surface area contributed by atoms with Gasteiger partial charge in [-0.25, -0.2) is 9.38 Å². The average Bonchev–Trinajstić information content (AvgIpc) is 2.53. The smallest absolute Gasteiger partial charge is 0.260 e. The molecule has 2 aromatic heterocycles. The van der Waals surface area contributed by atoms with E-state index < -0.39 is 0 Å². The molecular weight excluding hydrogens is 266 g/mol. The number of fused-ring (bicyclic) bond motifs is 1. The van der Waals surface area contributed by atoms with Crippen molar-refractivity contribution < 1.29 is 4.74 Å². The molecule has 0 spiro atoms. The molecular formula is C16H21N3O2. The fourth-order valence-corrected chi connectivity index (χ4v) is 2.98. The van der Waals surface area contributed by atoms with E-state index in [2.05, 4.69) is 10.3 Å². The van der Waals surface area contributed by atoms with Crippen LogP contribution < -0.4 is 15.6 Å². The summed E-state index contributed by atoms with van der Waals surface area (Å²) in [6.45, 7) is 2.21. The lowest BCUT2D eigenvalue weighted by Crippen LogP contribution is -2.28. The van der Waals surface area contributed by atoms with Crippen LogP contribution in [0.3, 0.4) is 0 Å². The van der Waals surface area contributed by atoms with Gasteiger partial charge < -0.3 is 10.1 Å². The van der Waals surface area contributed by atoms with Crippen molar-refractivity contribution in [2.75, 3.05) is 20.2 Å². The molecule has 0 aromatic carbocycles. The lowest BCUT2D eigenvalue weighted by molar-refractivity contribution is 0.353. The highest BCUT2D eigenvalue weighted by Gasteiger charge is 2.14. The summed E-state index contributed by atoms with van der Waals surface area (Å²) in [6.07, 6.45) is 4.42. The van der Waals surface area contributed by atoms with Crippen molar-refractivity contribution in [3.8, 4) is 5.88 Å². The predicted octanol–water partition coefficient (Wildman–Crippen LogP) is 1.64. The topological polar surface area (TPSA) is 55.6 Å². The molecule has 1 aliphatic rings. The summed E-state index contributed by atoms with van der Waals surface area (Å²) in [5.74, 6) is 1.27. The number of nitrogens with one attached hydrogen (secondary N) is 1. The molecule has 1 aliphatic heterocycles. The second-order valence-corrected chi connectivity index (χ2v) is 5.58. The molecule has 0 unspecified atom stereocenters. The van der Waals surface area contributed by atoms with Crippen LogP contribution in [-0.2, 0) is 6.42 Å². The summed E-state index contributed by atoms with van der Waals surface area (Å²) in [6, 6.07) is 7.11. The van der Waals surface area contributed by atoms with E-state index in [0.717, 1.165) is 37.5 Å². The van der Waals surface area contributed by atoms with Crippen LogP contribution >= 0.6 is 0 Å². The standard InChI is InChI=1S/C16H21N3O2/c1-21-16-4-2-3-14-18-13(11-15(20)19(14)16)6-5-12-7-9-17-10-8-12/h2-4,11-12,17H,5-10H2,1H3. The quantitative estimate of drug-likeness (QED) is 0.928. The maximum absolute atomic E-state index is 12.3. The third-order valence-electron chi connectivity index (χ3n) is 4.18. The predicted molar refractivity (Wildman–Crippen MR) is 81.9 cm³/mol. The number of hydrogen-bond donors (Lipinski definition) is 1. The number of rotatable bonds is 4. The fourth-order valence-electron chi connectivity index (χ4n) is 2.98. The largest absolute Gasteiger partial charge is 0.482 e. The average molecular weight is 287 g/mol. The lowest BCUT2D eigenvalue weighted by Gasteiger charge is -2.22. The third-order valence-corrected chi connectivity index (χ3v) is 4.18. The zero-order valence-electron chi connectivity index (χ0n) is 12.3. The highest BCUT2D eigenvalue weighted by atomic mass is 16.5. The lowest BCUT2D eigenvalue weighted by atomic mass is 9.92. The maximum Gasteiger partial charge on any atom is 0.260 e. The summed E-state index contributed by atoms with van der Waals surface area (Å²) < 4.78 is 6.73. The molecule has 0 radical (unpaired) electrons. The molecule has 0 saturated carbocycles. The van der Waals surface area contributed by atoms with Crippen LogP contribution in [0.5, 0.6) is 5.88 Å². The molecule has 0 atom stereocenters. The van der Waals surface area contributed by atoms with Gasteiger partial charge in [0.25, 0.3) is 5.56 Å². The SMILES string of the molecule is COc1cccc2nc(CCC3CCNCC3)cc(=O)n12. The van der Waals surface area contributed by atoms with Gasteiger partial charge in [0, 0.05) is 11.8 Å². The van der Waals surface area contributed by atoms with Gasteiger partial charge in [-0.3, -0.25) is 4.79 Å². The molecule has 3 heterocycles. The second-order valence-electron chi connectivity index (χ2n) is 5.58. The Morgan fingerprint density at radius 3 is 2.95 bits per heavy atom. The van der Waals surface area contributed by atoms with Crippen molar-refractivity contribution in [3.63, 3.8) is 0 Å². The van der Waals surface area contributed by atoms with Crippen LogP contribution in [-0.4, -0.2) is 29.6 Å². The van der Waals surface area contributed by atoms with E-state index in [-0.39, 0.29) is 5.56 Å². The first-order valence-corrected chi connectivity index (χ1v) is 7.54. The Morgan fingerprint density at radius 1 is 1.38 bits per heavy atom. The minimum absolute atomic E-state index is 0.0715. The van der Waals surface area contributed by atoms with Crippen LogP contribution in [0.1, 0.15) is 25.0 Å². The van der Waals surface area contributed by atoms with Gasteiger partial charge >= 0.3 is 0 Å². The van der Waals surface area contributed by atoms with Crippen LogP contribution in [0.4, 0.5) is 0 Å². The Bertz CT molecular complexity index is 675. The van der Waals surface area contributed by atoms with E-state index in [1.807, 2.05) is 12.1 Å². The molecule has 3 rings (SSSR count). The Hall–Kier alpha value is -1.88. The van der Waals surface area contributed by atoms with Gasteiger partial charge in [-0.1, -0.05) is 6.07 Å². The van der Waals surface area contributed by atoms with Crippen molar-refractivity contribution >= 4 is 5.65 Å². The Kier molecular flexibility index (Phi) is 4.20. The molecule has 1 N–H and O–H groups in total. The van der Waals surface area contributed by atoms with Crippen molar-refractivity contribution in [2.45, 2.75) is 25.7 Å². The zero-order chi connectivity index (χ0) is 14.7. The first-order valence-electron chi connectivity index (χ1n) is 7.54. The Balaban J connectivity index is 1.82. The Morgan fingerprint density at radius 2 is 2.19 bits per heavy atom. The summed E-state index contributed by atoms with van der Waals surface area (Å²) >= 11 is 0. The van der Waals surface area contributed by atoms with Gasteiger partial charge in [-0.15, -0.1) is 0 Å². The van der Waals surface area contributed by atoms with Crippen molar-refractivity contribution in [1.29, 1.82) is 0 Å². The second kappa shape index (κ2) is 6.26. The normalized spacial score (nSPS) is 16.2. The third kappa shape index (κ3) is 3.08. The number of pyridine rings is 1. The van der Waals surface area contributed by atoms with Crippen LogP contribution in [0.25, 0.3) is 5.65 Å². The number of aryl methyl sites for hydroxylation is 1. The highest BCUT2D eigenvalue weighted by molar-refractivity contribution is 5.42. The fraction of sp³-hybridized carbons (Fsp3) is 0.500. The van der Waals surface area contributed by atoms with E-state index in [1.54, 1.807) is 19.2 Å². The van der Waals surface area contributed by atoms with Crippen molar-refractivity contribution in [2.24, 2.45) is 5.92 Å². The molecule has 0 amide bonds. The minimum atomic E-state index is -0.0715. The number of hydrogen-bond acceptors (Lipinski definition) is 4. The van der Waals surface area contributed by atoms with Crippen LogP contribution in [0, 0.1) is 5.92 Å². The van der Waals surface area contributed by atoms with Crippen molar-refractivity contribution in [1.82, 2.24) is 14.7 Å². The summed E-state index contributed by atoms with van der Waals surface area (Å²) in [5.41, 5.74) is 1.46. The summed E-state index contributed by atoms with van der Waals surface area (Å²) in [5, 5.41) is 3.38. The van der Waals surface area contributed by atoms with E-state index >= 15 is 0 Å². The van der Waals surface area contributed by atoms with E-state index in [4.69, 9.17) is 4.74 Å². The summed E-state index contributed by atoms with van der Waals surface area (Å²) in [7, 11) is 1.56. The molecule has 2 aromatic rings. The van der Waals surface area contributed by atoms with Gasteiger partial charge in [-0.05, 0) is 56.8 Å². The number of piperidine rings is 1. The van der Waals surface area contributed by atoms with Gasteiger partial charge in [0.05, 0.1) is 7.11 Å². The molecule has 0 bridgehead atoms. The highest BCUT2D eigenvalue weighted by Crippen LogP contribution is 2.18. The van der Waals surface area contributed by atoms with E-state index in [9.17, 15) is 4.79 Å². The van der Waals surface area contributed by atoms with E-state index in [1.165, 1.54) is 17.2 Å². The van der Waals surface area contributed by atoms with E-state index in [0.29, 0.717) is 11.5 Å².